The van der Waals surface area contributed by atoms with Crippen molar-refractivity contribution in [1.82, 2.24) is 4.57 Å². The van der Waals surface area contributed by atoms with Gasteiger partial charge in [0, 0.05) is 12.7 Å². The van der Waals surface area contributed by atoms with E-state index in [1.54, 1.807) is 17.7 Å². The van der Waals surface area contributed by atoms with Gasteiger partial charge in [-0.3, -0.25) is 4.79 Å². The van der Waals surface area contributed by atoms with Gasteiger partial charge in [0.05, 0.1) is 7.11 Å². The molecule has 4 nitrogen and oxygen atoms in total. The molecule has 2 rings (SSSR count). The van der Waals surface area contributed by atoms with Crippen LogP contribution in [0, 0.1) is 0 Å². The Labute approximate surface area is 100 Å². The minimum Gasteiger partial charge on any atom is -0.465 e. The van der Waals surface area contributed by atoms with Crippen molar-refractivity contribution >= 4 is 5.97 Å². The minimum atomic E-state index is -0.546. The largest absolute Gasteiger partial charge is 0.465 e. The highest BCUT2D eigenvalue weighted by molar-refractivity contribution is 5.89. The lowest BCUT2D eigenvalue weighted by Crippen LogP contribution is -2.27. The molecule has 1 unspecified atom stereocenters. The van der Waals surface area contributed by atoms with Crippen molar-refractivity contribution < 1.29 is 9.53 Å². The average Bonchev–Trinajstić information content (AvgIpc) is 2.75. The maximum atomic E-state index is 12.0. The van der Waals surface area contributed by atoms with Gasteiger partial charge in [0.25, 0.3) is 5.56 Å². The average molecular weight is 235 g/mol. The zero-order chi connectivity index (χ0) is 12.6. The van der Waals surface area contributed by atoms with Gasteiger partial charge >= 0.3 is 5.97 Å². The van der Waals surface area contributed by atoms with E-state index in [9.17, 15) is 9.59 Å². The van der Waals surface area contributed by atoms with Crippen LogP contribution in [0.15, 0.2) is 10.9 Å². The quantitative estimate of drug-likeness (QED) is 0.732. The highest BCUT2D eigenvalue weighted by atomic mass is 16.5. The summed E-state index contributed by atoms with van der Waals surface area (Å²) in [6, 6.07) is 1.73. The van der Waals surface area contributed by atoms with Crippen molar-refractivity contribution in [2.75, 3.05) is 7.11 Å². The van der Waals surface area contributed by atoms with E-state index < -0.39 is 5.97 Å². The van der Waals surface area contributed by atoms with Crippen molar-refractivity contribution in [3.05, 3.63) is 33.2 Å². The number of carbonyl (C=O) groups excluding carboxylic acids is 1. The van der Waals surface area contributed by atoms with E-state index in [0.717, 1.165) is 30.5 Å². The molecule has 0 amide bonds. The van der Waals surface area contributed by atoms with E-state index in [1.165, 1.54) is 7.11 Å². The van der Waals surface area contributed by atoms with Crippen LogP contribution in [0.25, 0.3) is 0 Å². The van der Waals surface area contributed by atoms with Crippen molar-refractivity contribution in [2.24, 2.45) is 7.05 Å². The Hall–Kier alpha value is -1.58. The molecule has 0 aromatic carbocycles. The smallest absolute Gasteiger partial charge is 0.343 e. The van der Waals surface area contributed by atoms with Gasteiger partial charge in [-0.2, -0.15) is 0 Å². The monoisotopic (exact) mass is 235 g/mol. The van der Waals surface area contributed by atoms with Crippen LogP contribution in [-0.2, 0) is 18.2 Å². The van der Waals surface area contributed by atoms with Crippen LogP contribution in [0.2, 0.25) is 0 Å². The molecule has 0 fully saturated rings. The zero-order valence-corrected chi connectivity index (χ0v) is 10.4. The van der Waals surface area contributed by atoms with Crippen molar-refractivity contribution in [1.29, 1.82) is 0 Å². The number of fused-ring (bicyclic) bond motifs is 1. The van der Waals surface area contributed by atoms with Crippen molar-refractivity contribution in [2.45, 2.75) is 32.1 Å². The minimum absolute atomic E-state index is 0.147. The SMILES string of the molecule is CCC1CCc2c1cc(C(=O)OC)c(=O)n2C. The number of ether oxygens (including phenoxy) is 1. The molecular formula is C13H17NO3. The van der Waals surface area contributed by atoms with Gasteiger partial charge in [0.2, 0.25) is 0 Å². The van der Waals surface area contributed by atoms with Crippen LogP contribution < -0.4 is 5.56 Å². The van der Waals surface area contributed by atoms with E-state index in [4.69, 9.17) is 0 Å². The van der Waals surface area contributed by atoms with Crippen LogP contribution in [-0.4, -0.2) is 17.6 Å². The third-order valence-corrected chi connectivity index (χ3v) is 3.64. The van der Waals surface area contributed by atoms with Crippen LogP contribution in [0.3, 0.4) is 0 Å². The van der Waals surface area contributed by atoms with E-state index >= 15 is 0 Å². The van der Waals surface area contributed by atoms with Crippen LogP contribution in [0.1, 0.15) is 47.3 Å². The highest BCUT2D eigenvalue weighted by Crippen LogP contribution is 2.34. The highest BCUT2D eigenvalue weighted by Gasteiger charge is 2.26. The number of nitrogens with zero attached hydrogens (tertiary/aromatic N) is 1. The van der Waals surface area contributed by atoms with Crippen LogP contribution >= 0.6 is 0 Å². The molecule has 0 bridgehead atoms. The molecule has 1 aromatic rings. The molecule has 1 aliphatic rings. The topological polar surface area (TPSA) is 48.3 Å². The molecule has 1 atom stereocenters. The van der Waals surface area contributed by atoms with Crippen molar-refractivity contribution in [3.63, 3.8) is 0 Å². The summed E-state index contributed by atoms with van der Waals surface area (Å²) in [5.41, 5.74) is 2.09. The van der Waals surface area contributed by atoms with E-state index in [1.807, 2.05) is 0 Å². The third kappa shape index (κ3) is 1.77. The Bertz CT molecular complexity index is 516. The third-order valence-electron chi connectivity index (χ3n) is 3.64. The predicted molar refractivity (Wildman–Crippen MR) is 64.4 cm³/mol. The van der Waals surface area contributed by atoms with Gasteiger partial charge in [-0.15, -0.1) is 0 Å². The van der Waals surface area contributed by atoms with Gasteiger partial charge in [0.15, 0.2) is 0 Å². The standard InChI is InChI=1S/C13H17NO3/c1-4-8-5-6-11-9(8)7-10(13(16)17-3)12(15)14(11)2/h7-8H,4-6H2,1-3H3. The second-order valence-corrected chi connectivity index (χ2v) is 4.46. The van der Waals surface area contributed by atoms with Gasteiger partial charge in [-0.05, 0) is 36.8 Å². The molecule has 0 saturated carbocycles. The normalized spacial score (nSPS) is 17.9. The first-order valence-electron chi connectivity index (χ1n) is 5.91. The van der Waals surface area contributed by atoms with Crippen molar-refractivity contribution in [3.8, 4) is 0 Å². The van der Waals surface area contributed by atoms with E-state index in [2.05, 4.69) is 11.7 Å². The number of aromatic nitrogens is 1. The summed E-state index contributed by atoms with van der Waals surface area (Å²) in [5, 5.41) is 0. The van der Waals surface area contributed by atoms with Gasteiger partial charge in [-0.25, -0.2) is 4.79 Å². The maximum absolute atomic E-state index is 12.0. The Morgan fingerprint density at radius 2 is 2.29 bits per heavy atom. The fourth-order valence-corrected chi connectivity index (χ4v) is 2.61. The molecule has 1 heterocycles. The summed E-state index contributed by atoms with van der Waals surface area (Å²) in [6.45, 7) is 2.13. The van der Waals surface area contributed by atoms with Gasteiger partial charge < -0.3 is 9.30 Å². The molecule has 17 heavy (non-hydrogen) atoms. The first-order valence-corrected chi connectivity index (χ1v) is 5.91. The van der Waals surface area contributed by atoms with Crippen LogP contribution in [0.5, 0.6) is 0 Å². The van der Waals surface area contributed by atoms with E-state index in [-0.39, 0.29) is 11.1 Å². The molecule has 4 heteroatoms. The van der Waals surface area contributed by atoms with Gasteiger partial charge in [0.1, 0.15) is 5.56 Å². The lowest BCUT2D eigenvalue weighted by atomic mass is 9.99. The molecule has 0 N–H and O–H groups in total. The summed E-state index contributed by atoms with van der Waals surface area (Å²) in [6.07, 6.45) is 3.01. The number of pyridine rings is 1. The lowest BCUT2D eigenvalue weighted by Gasteiger charge is -2.12. The summed E-state index contributed by atoms with van der Waals surface area (Å²) in [5.74, 6) is -0.0876. The molecular weight excluding hydrogens is 218 g/mol. The Balaban J connectivity index is 2.63. The molecule has 1 aromatic heterocycles. The zero-order valence-electron chi connectivity index (χ0n) is 10.4. The number of methoxy groups -OCH3 is 1. The number of hydrogen-bond donors (Lipinski definition) is 0. The second-order valence-electron chi connectivity index (χ2n) is 4.46. The predicted octanol–water partition coefficient (Wildman–Crippen LogP) is 1.61. The summed E-state index contributed by atoms with van der Waals surface area (Å²) < 4.78 is 6.24. The number of hydrogen-bond acceptors (Lipinski definition) is 3. The number of rotatable bonds is 2. The molecule has 0 radical (unpaired) electrons. The molecule has 1 aliphatic carbocycles. The summed E-state index contributed by atoms with van der Waals surface area (Å²) in [4.78, 5) is 23.5. The fraction of sp³-hybridized carbons (Fsp3) is 0.538. The van der Waals surface area contributed by atoms with E-state index in [0.29, 0.717) is 5.92 Å². The number of carbonyl (C=O) groups is 1. The first-order chi connectivity index (χ1) is 8.10. The maximum Gasteiger partial charge on any atom is 0.343 e. The fourth-order valence-electron chi connectivity index (χ4n) is 2.61. The Morgan fingerprint density at radius 1 is 1.59 bits per heavy atom. The molecule has 0 saturated heterocycles. The Morgan fingerprint density at radius 3 is 2.88 bits per heavy atom. The summed E-state index contributed by atoms with van der Waals surface area (Å²) in [7, 11) is 3.03. The molecule has 92 valence electrons. The first kappa shape index (κ1) is 11.9. The Kier molecular flexibility index (Phi) is 3.05. The second kappa shape index (κ2) is 4.35. The van der Waals surface area contributed by atoms with Gasteiger partial charge in [-0.1, -0.05) is 6.92 Å². The summed E-state index contributed by atoms with van der Waals surface area (Å²) >= 11 is 0. The number of esters is 1. The molecule has 0 aliphatic heterocycles. The lowest BCUT2D eigenvalue weighted by molar-refractivity contribution is 0.0598. The van der Waals surface area contributed by atoms with Crippen LogP contribution in [0.4, 0.5) is 0 Å². The molecule has 0 spiro atoms.